The van der Waals surface area contributed by atoms with Crippen LogP contribution in [0.1, 0.15) is 41.6 Å². The minimum atomic E-state index is 0. The van der Waals surface area contributed by atoms with Crippen molar-refractivity contribution < 1.29 is 0 Å². The molecule has 0 saturated carbocycles. The number of rotatable bonds is 4. The van der Waals surface area contributed by atoms with Gasteiger partial charge in [-0.25, -0.2) is 4.98 Å². The average molecular weight is 461 g/mol. The van der Waals surface area contributed by atoms with E-state index in [1.807, 2.05) is 6.92 Å². The van der Waals surface area contributed by atoms with Crippen LogP contribution in [-0.4, -0.2) is 32.8 Å². The Kier molecular flexibility index (Phi) is 7.40. The molecule has 0 spiro atoms. The van der Waals surface area contributed by atoms with Gasteiger partial charge in [-0.1, -0.05) is 6.42 Å². The molecule has 2 aromatic heterocycles. The first kappa shape index (κ1) is 19.1. The van der Waals surface area contributed by atoms with E-state index < -0.39 is 0 Å². The maximum Gasteiger partial charge on any atom is 0.191 e. The van der Waals surface area contributed by atoms with Gasteiger partial charge in [-0.3, -0.25) is 4.99 Å². The summed E-state index contributed by atoms with van der Waals surface area (Å²) in [6.45, 7) is 4.33. The number of nitrogens with zero attached hydrogens (tertiary/aromatic N) is 5. The van der Waals surface area contributed by atoms with Crippen molar-refractivity contribution in [3.63, 3.8) is 0 Å². The van der Waals surface area contributed by atoms with Crippen molar-refractivity contribution in [3.8, 4) is 0 Å². The highest BCUT2D eigenvalue weighted by Gasteiger charge is 2.14. The van der Waals surface area contributed by atoms with Crippen molar-refractivity contribution in [2.24, 2.45) is 4.99 Å². The minimum absolute atomic E-state index is 0. The zero-order valence-electron chi connectivity index (χ0n) is 14.1. The molecule has 0 radical (unpaired) electrons. The summed E-state index contributed by atoms with van der Waals surface area (Å²) in [4.78, 5) is 8.70. The largest absolute Gasteiger partial charge is 0.350 e. The summed E-state index contributed by atoms with van der Waals surface area (Å²) < 4.78 is 2.25. The molecule has 0 fully saturated rings. The molecule has 132 valence electrons. The van der Waals surface area contributed by atoms with Crippen LogP contribution in [0.4, 0.5) is 0 Å². The Morgan fingerprint density at radius 2 is 2.08 bits per heavy atom. The normalized spacial score (nSPS) is 14.5. The fourth-order valence-electron chi connectivity index (χ4n) is 2.70. The Labute approximate surface area is 163 Å². The number of aromatic nitrogens is 4. The van der Waals surface area contributed by atoms with Crippen LogP contribution in [0.15, 0.2) is 10.4 Å². The van der Waals surface area contributed by atoms with E-state index in [9.17, 15) is 0 Å². The maximum atomic E-state index is 4.44. The molecule has 0 bridgehead atoms. The van der Waals surface area contributed by atoms with E-state index in [4.69, 9.17) is 0 Å². The minimum Gasteiger partial charge on any atom is -0.350 e. The molecule has 3 heterocycles. The molecular formula is C15H24IN7S. The standard InChI is InChI=1S/C15H23N7S.HI/c1-11-10-23-14(19-11)9-18-15(16-2)17-8-13-21-20-12-6-4-3-5-7-22(12)13;/h10H,3-9H2,1-2H3,(H2,16,17,18);1H. The highest BCUT2D eigenvalue weighted by atomic mass is 127. The summed E-state index contributed by atoms with van der Waals surface area (Å²) in [6.07, 6.45) is 4.71. The number of fused-ring (bicyclic) bond motifs is 1. The Morgan fingerprint density at radius 3 is 2.83 bits per heavy atom. The van der Waals surface area contributed by atoms with Gasteiger partial charge in [0.05, 0.1) is 13.1 Å². The average Bonchev–Trinajstić information content (AvgIpc) is 3.06. The Morgan fingerprint density at radius 1 is 1.25 bits per heavy atom. The van der Waals surface area contributed by atoms with Gasteiger partial charge in [0.1, 0.15) is 10.8 Å². The Bertz CT molecular complexity index is 679. The van der Waals surface area contributed by atoms with E-state index in [0.29, 0.717) is 13.1 Å². The van der Waals surface area contributed by atoms with Crippen molar-refractivity contribution in [1.29, 1.82) is 0 Å². The lowest BCUT2D eigenvalue weighted by Gasteiger charge is -2.11. The predicted octanol–water partition coefficient (Wildman–Crippen LogP) is 2.25. The van der Waals surface area contributed by atoms with Crippen LogP contribution in [0.3, 0.4) is 0 Å². The van der Waals surface area contributed by atoms with Gasteiger partial charge in [0.25, 0.3) is 0 Å². The van der Waals surface area contributed by atoms with Crippen LogP contribution in [0.2, 0.25) is 0 Å². The molecule has 1 aliphatic rings. The first-order valence-electron chi connectivity index (χ1n) is 8.02. The van der Waals surface area contributed by atoms with Crippen LogP contribution >= 0.6 is 35.3 Å². The lowest BCUT2D eigenvalue weighted by Crippen LogP contribution is -2.37. The second kappa shape index (κ2) is 9.30. The molecule has 2 N–H and O–H groups in total. The number of guanidine groups is 1. The zero-order chi connectivity index (χ0) is 16.1. The van der Waals surface area contributed by atoms with Gasteiger partial charge in [0, 0.05) is 31.1 Å². The molecule has 2 aromatic rings. The van der Waals surface area contributed by atoms with Gasteiger partial charge in [-0.15, -0.1) is 45.5 Å². The van der Waals surface area contributed by atoms with Gasteiger partial charge in [0.2, 0.25) is 0 Å². The van der Waals surface area contributed by atoms with E-state index in [0.717, 1.165) is 41.3 Å². The molecule has 0 saturated heterocycles. The molecule has 0 aliphatic carbocycles. The van der Waals surface area contributed by atoms with Crippen molar-refractivity contribution in [2.75, 3.05) is 7.05 Å². The molecule has 0 aromatic carbocycles. The predicted molar refractivity (Wildman–Crippen MR) is 107 cm³/mol. The van der Waals surface area contributed by atoms with E-state index in [1.54, 1.807) is 18.4 Å². The van der Waals surface area contributed by atoms with Gasteiger partial charge in [0.15, 0.2) is 11.8 Å². The van der Waals surface area contributed by atoms with Gasteiger partial charge >= 0.3 is 0 Å². The quantitative estimate of drug-likeness (QED) is 0.415. The highest BCUT2D eigenvalue weighted by molar-refractivity contribution is 14.0. The van der Waals surface area contributed by atoms with Crippen molar-refractivity contribution in [2.45, 2.75) is 52.2 Å². The van der Waals surface area contributed by atoms with Crippen molar-refractivity contribution in [1.82, 2.24) is 30.4 Å². The van der Waals surface area contributed by atoms with Crippen LogP contribution < -0.4 is 10.6 Å². The van der Waals surface area contributed by atoms with Crippen LogP contribution in [0.25, 0.3) is 0 Å². The first-order valence-corrected chi connectivity index (χ1v) is 8.90. The van der Waals surface area contributed by atoms with E-state index in [-0.39, 0.29) is 24.0 Å². The topological polar surface area (TPSA) is 80.0 Å². The number of aryl methyl sites for hydroxylation is 2. The number of nitrogens with one attached hydrogen (secondary N) is 2. The summed E-state index contributed by atoms with van der Waals surface area (Å²) in [6, 6.07) is 0. The molecule has 9 heteroatoms. The third kappa shape index (κ3) is 4.88. The second-order valence-electron chi connectivity index (χ2n) is 5.66. The van der Waals surface area contributed by atoms with E-state index in [2.05, 4.69) is 40.8 Å². The van der Waals surface area contributed by atoms with Crippen LogP contribution in [0.5, 0.6) is 0 Å². The summed E-state index contributed by atoms with van der Waals surface area (Å²) in [7, 11) is 1.77. The fourth-order valence-corrected chi connectivity index (χ4v) is 3.41. The highest BCUT2D eigenvalue weighted by Crippen LogP contribution is 2.14. The van der Waals surface area contributed by atoms with Crippen molar-refractivity contribution in [3.05, 3.63) is 27.7 Å². The SMILES string of the molecule is CN=C(NCc1nc(C)cs1)NCc1nnc2n1CCCCC2.I. The molecule has 0 unspecified atom stereocenters. The summed E-state index contributed by atoms with van der Waals surface area (Å²) in [5.41, 5.74) is 1.06. The Balaban J connectivity index is 0.00000208. The zero-order valence-corrected chi connectivity index (χ0v) is 17.2. The molecular weight excluding hydrogens is 437 g/mol. The number of aliphatic imine (C=N–C) groups is 1. The van der Waals surface area contributed by atoms with Gasteiger partial charge in [-0.2, -0.15) is 0 Å². The maximum absolute atomic E-state index is 4.44. The van der Waals surface area contributed by atoms with E-state index >= 15 is 0 Å². The summed E-state index contributed by atoms with van der Waals surface area (Å²) in [5.74, 6) is 2.85. The lowest BCUT2D eigenvalue weighted by atomic mass is 10.2. The molecule has 0 atom stereocenters. The summed E-state index contributed by atoms with van der Waals surface area (Å²) in [5, 5.41) is 18.4. The molecule has 3 rings (SSSR count). The molecule has 1 aliphatic heterocycles. The third-order valence-electron chi connectivity index (χ3n) is 3.90. The smallest absolute Gasteiger partial charge is 0.191 e. The van der Waals surface area contributed by atoms with E-state index in [1.165, 1.54) is 19.3 Å². The van der Waals surface area contributed by atoms with Crippen LogP contribution in [0, 0.1) is 6.92 Å². The fraction of sp³-hybridized carbons (Fsp3) is 0.600. The number of hydrogen-bond donors (Lipinski definition) is 2. The molecule has 0 amide bonds. The first-order chi connectivity index (χ1) is 11.3. The third-order valence-corrected chi connectivity index (χ3v) is 4.86. The second-order valence-corrected chi connectivity index (χ2v) is 6.60. The summed E-state index contributed by atoms with van der Waals surface area (Å²) >= 11 is 1.66. The Hall–Kier alpha value is -1.23. The molecule has 24 heavy (non-hydrogen) atoms. The van der Waals surface area contributed by atoms with Gasteiger partial charge in [-0.05, 0) is 19.8 Å². The van der Waals surface area contributed by atoms with Crippen LogP contribution in [-0.2, 0) is 26.1 Å². The number of halogens is 1. The monoisotopic (exact) mass is 461 g/mol. The lowest BCUT2D eigenvalue weighted by molar-refractivity contribution is 0.596. The van der Waals surface area contributed by atoms with Gasteiger partial charge < -0.3 is 15.2 Å². The number of hydrogen-bond acceptors (Lipinski definition) is 5. The molecule has 7 nitrogen and oxygen atoms in total. The van der Waals surface area contributed by atoms with Crippen molar-refractivity contribution >= 4 is 41.3 Å². The number of thiazole rings is 1.